The number of nitrogens with two attached hydrogens (primary N) is 4. The third-order valence-electron chi connectivity index (χ3n) is 17.3. The first kappa shape index (κ1) is 68.4. The third-order valence-corrected chi connectivity index (χ3v) is 17.3. The van der Waals surface area contributed by atoms with Crippen molar-refractivity contribution in [1.29, 1.82) is 0 Å². The Bertz CT molecular complexity index is 4690. The Balaban J connectivity index is 0.000000141. The van der Waals surface area contributed by atoms with Gasteiger partial charge in [-0.25, -0.2) is 19.2 Å². The summed E-state index contributed by atoms with van der Waals surface area (Å²) in [5.74, 6) is -3.43. The molecule has 28 nitrogen and oxygen atoms in total. The maximum atomic E-state index is 13.1. The van der Waals surface area contributed by atoms with E-state index in [1.165, 1.54) is 103 Å². The van der Waals surface area contributed by atoms with Crippen molar-refractivity contribution in [2.24, 2.45) is 22.9 Å². The smallest absolute Gasteiger partial charge is 0.363 e. The standard InChI is InChI=1S/C25H15NO9.2C23H18N2O6.C2H8N2.CH3F/c27-13-2-5-17-19(10-13)33-20-11-14(28)3-6-18(20)25(17)16-4-1-12(9-15(16)24(32)34-25)23(31)35-26-21(29)7-8-22(26)30;2*24-7-8-25-21(28)12-1-4-16-15(9-12)22(29)31-23(16)17-5-2-13(26)10-19(17)30-20-11-14(27)3-6-18(20)23;3-1-2-4;1-2/h1-6,9-11,27-28H,7-8H2;2*1-6,9-11,26-27H,7-8,24H2,(H,25,28);1-4H2;1H3/i;;;;1D. The molecule has 526 valence electrons. The lowest BCUT2D eigenvalue weighted by atomic mass is 9.77. The number of benzene rings is 9. The van der Waals surface area contributed by atoms with Crippen molar-refractivity contribution in [1.82, 2.24) is 15.7 Å². The number of alkyl halides is 1. The minimum absolute atomic E-state index is 0.0195. The summed E-state index contributed by atoms with van der Waals surface area (Å²) in [6.45, 7) is 2.43. The second-order valence-corrected chi connectivity index (χ2v) is 23.5. The van der Waals surface area contributed by atoms with Crippen molar-refractivity contribution in [3.8, 4) is 69.0 Å². The zero-order valence-electron chi connectivity index (χ0n) is 54.9. The molecule has 9 aromatic carbocycles. The average Bonchev–Trinajstić information content (AvgIpc) is 1.50. The summed E-state index contributed by atoms with van der Waals surface area (Å²) in [4.78, 5) is 105. The lowest BCUT2D eigenvalue weighted by Gasteiger charge is -2.36. The van der Waals surface area contributed by atoms with Crippen molar-refractivity contribution >= 4 is 47.5 Å². The van der Waals surface area contributed by atoms with E-state index in [1.54, 1.807) is 60.7 Å². The number of hydrogen-bond acceptors (Lipinski definition) is 25. The van der Waals surface area contributed by atoms with Gasteiger partial charge in [0.25, 0.3) is 23.6 Å². The van der Waals surface area contributed by atoms with Crippen LogP contribution in [0.2, 0.25) is 0 Å². The molecule has 16 rings (SSSR count). The molecule has 0 atom stereocenters. The molecule has 4 amide bonds. The van der Waals surface area contributed by atoms with Crippen molar-refractivity contribution in [2.45, 2.75) is 29.6 Å². The second-order valence-electron chi connectivity index (χ2n) is 23.5. The summed E-state index contributed by atoms with van der Waals surface area (Å²) in [6, 6.07) is 40.6. The summed E-state index contributed by atoms with van der Waals surface area (Å²) < 4.78 is 51.1. The molecule has 0 radical (unpaired) electrons. The highest BCUT2D eigenvalue weighted by molar-refractivity contribution is 6.05. The van der Waals surface area contributed by atoms with Crippen LogP contribution in [0.4, 0.5) is 4.39 Å². The van der Waals surface area contributed by atoms with E-state index in [4.69, 9.17) is 57.6 Å². The van der Waals surface area contributed by atoms with E-state index < -0.39 is 59.6 Å². The fraction of sp³-hybridized carbons (Fsp3) is 0.162. The first-order chi connectivity index (χ1) is 50.0. The molecule has 0 aliphatic carbocycles. The largest absolute Gasteiger partial charge is 0.508 e. The summed E-state index contributed by atoms with van der Waals surface area (Å²) in [6.07, 6.45) is -0.0890. The normalized spacial score (nSPS) is 15.1. The van der Waals surface area contributed by atoms with Crippen LogP contribution in [-0.4, -0.2) is 130 Å². The van der Waals surface area contributed by atoms with E-state index in [-0.39, 0.29) is 92.9 Å². The summed E-state index contributed by atoms with van der Waals surface area (Å²) >= 11 is 0. The Morgan fingerprint density at radius 2 is 0.670 bits per heavy atom. The number of hydroxylamine groups is 2. The van der Waals surface area contributed by atoms with Crippen LogP contribution in [-0.2, 0) is 45.4 Å². The fourth-order valence-electron chi connectivity index (χ4n) is 12.9. The number of halogens is 1. The van der Waals surface area contributed by atoms with Gasteiger partial charge in [-0.3, -0.25) is 23.6 Å². The van der Waals surface area contributed by atoms with Gasteiger partial charge in [0, 0.05) is 150 Å². The van der Waals surface area contributed by atoms with E-state index >= 15 is 0 Å². The average molecular weight is 1410 g/mol. The Hall–Kier alpha value is -13.1. The third kappa shape index (κ3) is 12.2. The number of phenolic OH excluding ortho intramolecular Hbond substituents is 6. The molecule has 16 N–H and O–H groups in total. The molecule has 0 bridgehead atoms. The molecule has 1 fully saturated rings. The molecular formula is C74H62FN7O21. The Morgan fingerprint density at radius 1 is 0.417 bits per heavy atom. The number of hydrogen-bond donors (Lipinski definition) is 12. The molecule has 7 aliphatic rings. The van der Waals surface area contributed by atoms with Gasteiger partial charge in [-0.2, -0.15) is 0 Å². The number of carbonyl (C=O) groups excluding carboxylic acids is 8. The van der Waals surface area contributed by atoms with Crippen molar-refractivity contribution in [2.75, 3.05) is 46.4 Å². The zero-order chi connectivity index (χ0) is 74.1. The topological polar surface area (TPSA) is 454 Å². The first-order valence-corrected chi connectivity index (χ1v) is 31.5. The van der Waals surface area contributed by atoms with Crippen molar-refractivity contribution in [3.63, 3.8) is 0 Å². The van der Waals surface area contributed by atoms with Crippen LogP contribution >= 0.6 is 0 Å². The van der Waals surface area contributed by atoms with Crippen LogP contribution in [0.1, 0.15) is 126 Å². The van der Waals surface area contributed by atoms with E-state index in [0.29, 0.717) is 129 Å². The molecule has 3 spiro atoms. The molecule has 0 saturated carbocycles. The molecule has 0 aromatic heterocycles. The zero-order valence-corrected chi connectivity index (χ0v) is 53.9. The van der Waals surface area contributed by atoms with Gasteiger partial charge in [0.15, 0.2) is 16.8 Å². The molecule has 1 saturated heterocycles. The number of nitrogens with one attached hydrogen (secondary N) is 2. The van der Waals surface area contributed by atoms with E-state index in [2.05, 4.69) is 10.6 Å². The van der Waals surface area contributed by atoms with Crippen molar-refractivity contribution in [3.05, 3.63) is 247 Å². The molecule has 0 unspecified atom stereocenters. The van der Waals surface area contributed by atoms with Gasteiger partial charge < -0.3 is 97.5 Å². The van der Waals surface area contributed by atoms with Crippen LogP contribution in [0.25, 0.3) is 0 Å². The van der Waals surface area contributed by atoms with Crippen LogP contribution in [0.3, 0.4) is 0 Å². The quantitative estimate of drug-likeness (QED) is 0.0390. The molecule has 9 aromatic rings. The fourth-order valence-corrected chi connectivity index (χ4v) is 12.9. The highest BCUT2D eigenvalue weighted by atomic mass is 19.1. The highest BCUT2D eigenvalue weighted by Gasteiger charge is 2.57. The van der Waals surface area contributed by atoms with Gasteiger partial charge in [-0.1, -0.05) is 18.2 Å². The number of imide groups is 1. The second kappa shape index (κ2) is 27.9. The van der Waals surface area contributed by atoms with Gasteiger partial charge in [0.2, 0.25) is 0 Å². The van der Waals surface area contributed by atoms with E-state index in [0.717, 1.165) is 0 Å². The molecule has 7 aliphatic heterocycles. The summed E-state index contributed by atoms with van der Waals surface area (Å²) in [5.41, 5.74) is 22.1. The monoisotopic (exact) mass is 1400 g/mol. The van der Waals surface area contributed by atoms with Crippen molar-refractivity contribution < 1.29 is 108 Å². The Morgan fingerprint density at radius 3 is 0.932 bits per heavy atom. The van der Waals surface area contributed by atoms with E-state index in [1.807, 2.05) is 0 Å². The van der Waals surface area contributed by atoms with Crippen LogP contribution in [0.15, 0.2) is 164 Å². The number of carbonyl (C=O) groups is 8. The molecular weight excluding hydrogens is 1340 g/mol. The predicted molar refractivity (Wildman–Crippen MR) is 358 cm³/mol. The van der Waals surface area contributed by atoms with Crippen LogP contribution in [0, 0.1) is 0 Å². The minimum atomic E-state index is -1.47. The number of amides is 4. The number of phenols is 6. The molecule has 103 heavy (non-hydrogen) atoms. The van der Waals surface area contributed by atoms with Gasteiger partial charge in [-0.15, -0.1) is 5.06 Å². The number of ether oxygens (including phenoxy) is 6. The lowest BCUT2D eigenvalue weighted by Crippen LogP contribution is -2.33. The maximum Gasteiger partial charge on any atom is 0.363 e. The minimum Gasteiger partial charge on any atom is -0.508 e. The van der Waals surface area contributed by atoms with Gasteiger partial charge in [-0.05, 0) is 109 Å². The number of aromatic hydroxyl groups is 6. The highest BCUT2D eigenvalue weighted by Crippen LogP contribution is 2.60. The number of esters is 3. The number of fused-ring (bicyclic) bond motifs is 18. The SMILES string of the molecule is NCCN.NCCNC(=O)c1ccc2c(c1)C(=O)OC21c2ccc(O)cc2Oc2cc(O)ccc21.NCCNC(=O)c1ccc2c(c1)C(=O)OC21c2ccc(O)cc2Oc2cc(O)ccc21.O=C(ON1C(=O)CCC1=O)c1ccc2c(c1)C(=O)OC21c2ccc(O)cc2Oc2cc(O)ccc21.[2H]CF. The first-order valence-electron chi connectivity index (χ1n) is 32.2. The Labute approximate surface area is 584 Å². The number of rotatable bonds is 9. The van der Waals surface area contributed by atoms with Crippen LogP contribution in [0.5, 0.6) is 69.0 Å². The van der Waals surface area contributed by atoms with E-state index in [9.17, 15) is 73.4 Å². The molecule has 29 heteroatoms. The van der Waals surface area contributed by atoms with Gasteiger partial charge in [0.05, 0.1) is 30.8 Å². The Kier molecular flexibility index (Phi) is 18.5. The summed E-state index contributed by atoms with van der Waals surface area (Å²) in [7, 11) is -1.00. The summed E-state index contributed by atoms with van der Waals surface area (Å²) in [5, 5.41) is 65.5. The van der Waals surface area contributed by atoms with Crippen LogP contribution < -0.4 is 47.8 Å². The lowest BCUT2D eigenvalue weighted by molar-refractivity contribution is -0.172. The predicted octanol–water partition coefficient (Wildman–Crippen LogP) is 7.08. The number of nitrogens with zero attached hydrogens (tertiary/aromatic N) is 1. The van der Waals surface area contributed by atoms with Gasteiger partial charge in [0.1, 0.15) is 69.0 Å². The maximum absolute atomic E-state index is 13.1. The molecule has 7 heterocycles. The van der Waals surface area contributed by atoms with Gasteiger partial charge >= 0.3 is 23.9 Å².